The number of benzene rings is 2. The number of aromatic nitrogens is 2. The molecule has 0 bridgehead atoms. The van der Waals surface area contributed by atoms with Crippen molar-refractivity contribution in [2.45, 2.75) is 45.2 Å². The number of hydrogen-bond donors (Lipinski definition) is 3. The molecular weight excluding hydrogens is 520 g/mol. The molecule has 0 saturated heterocycles. The Morgan fingerprint density at radius 3 is 2.54 bits per heavy atom. The third kappa shape index (κ3) is 8.54. The number of aliphatic hydroxyl groups is 1. The van der Waals surface area contributed by atoms with Crippen molar-refractivity contribution in [3.8, 4) is 17.0 Å². The summed E-state index contributed by atoms with van der Waals surface area (Å²) in [6, 6.07) is 12.4. The zero-order valence-corrected chi connectivity index (χ0v) is 23.6. The first-order chi connectivity index (χ1) is 18.7. The molecule has 39 heavy (non-hydrogen) atoms. The summed E-state index contributed by atoms with van der Waals surface area (Å²) in [5.74, 6) is 0.813. The number of aryl methyl sites for hydroxylation is 1. The van der Waals surface area contributed by atoms with Crippen LogP contribution in [0.2, 0.25) is 5.02 Å². The molecule has 0 unspecified atom stereocenters. The Kier molecular flexibility index (Phi) is 11.3. The van der Waals surface area contributed by atoms with Crippen molar-refractivity contribution in [3.05, 3.63) is 70.6 Å². The molecule has 3 rings (SSSR count). The van der Waals surface area contributed by atoms with Gasteiger partial charge in [0.25, 0.3) is 5.91 Å². The van der Waals surface area contributed by atoms with E-state index in [2.05, 4.69) is 10.6 Å². The molecule has 0 aliphatic rings. The molecule has 1 heterocycles. The Balaban J connectivity index is 1.65. The fourth-order valence-corrected chi connectivity index (χ4v) is 4.45. The van der Waals surface area contributed by atoms with Crippen molar-refractivity contribution >= 4 is 23.4 Å². The number of halogens is 1. The summed E-state index contributed by atoms with van der Waals surface area (Å²) >= 11 is 6.29. The summed E-state index contributed by atoms with van der Waals surface area (Å²) in [6.07, 6.45) is 3.74. The molecule has 210 valence electrons. The van der Waals surface area contributed by atoms with E-state index in [1.807, 2.05) is 55.9 Å². The number of hydrogen-bond acceptors (Lipinski definition) is 6. The van der Waals surface area contributed by atoms with Crippen LogP contribution in [0.4, 0.5) is 0 Å². The van der Waals surface area contributed by atoms with Gasteiger partial charge in [0.1, 0.15) is 18.2 Å². The topological polar surface area (TPSA) is 115 Å². The molecule has 2 amide bonds. The van der Waals surface area contributed by atoms with Crippen LogP contribution in [0.15, 0.2) is 48.7 Å². The van der Waals surface area contributed by atoms with Gasteiger partial charge in [0.2, 0.25) is 5.91 Å². The second-order valence-corrected chi connectivity index (χ2v) is 9.80. The standard InChI is InChI=1S/C29H37ClN4O5/c1-5-14-39-26-11-10-22(16-24(26)30)29(37)32-23(12-13-35)15-20-6-8-21(9-7-20)25-17-34(3)28(33-25)19(2)31-27(36)18-38-4/h6-11,16-17,19,23,35H,5,12-15,18H2,1-4H3,(H,31,36)(H,32,37)/t19-,23-/m1/s1. The quantitative estimate of drug-likeness (QED) is 0.276. The van der Waals surface area contributed by atoms with E-state index < -0.39 is 0 Å². The lowest BCUT2D eigenvalue weighted by molar-refractivity contribution is -0.125. The van der Waals surface area contributed by atoms with E-state index in [0.29, 0.717) is 35.8 Å². The lowest BCUT2D eigenvalue weighted by atomic mass is 10.0. The number of rotatable bonds is 14. The van der Waals surface area contributed by atoms with Gasteiger partial charge in [-0.1, -0.05) is 42.8 Å². The highest BCUT2D eigenvalue weighted by atomic mass is 35.5. The highest BCUT2D eigenvalue weighted by Crippen LogP contribution is 2.26. The third-order valence-electron chi connectivity index (χ3n) is 6.15. The lowest BCUT2D eigenvalue weighted by Gasteiger charge is -2.18. The number of aliphatic hydroxyl groups excluding tert-OH is 1. The number of carbonyl (C=O) groups excluding carboxylic acids is 2. The first kappa shape index (κ1) is 30.1. The normalized spacial score (nSPS) is 12.6. The summed E-state index contributed by atoms with van der Waals surface area (Å²) < 4.78 is 12.3. The molecule has 2 aromatic carbocycles. The number of carbonyl (C=O) groups is 2. The van der Waals surface area contributed by atoms with Crippen LogP contribution in [0.5, 0.6) is 5.75 Å². The van der Waals surface area contributed by atoms with Crippen molar-refractivity contribution < 1.29 is 24.2 Å². The number of methoxy groups -OCH3 is 1. The minimum absolute atomic E-state index is 0.00511. The Bertz CT molecular complexity index is 1240. The first-order valence-corrected chi connectivity index (χ1v) is 13.4. The smallest absolute Gasteiger partial charge is 0.251 e. The van der Waals surface area contributed by atoms with Crippen LogP contribution in [0.25, 0.3) is 11.3 Å². The van der Waals surface area contributed by atoms with Crippen molar-refractivity contribution in [1.82, 2.24) is 20.2 Å². The number of nitrogens with zero attached hydrogens (tertiary/aromatic N) is 2. The number of ether oxygens (including phenoxy) is 2. The zero-order chi connectivity index (χ0) is 28.4. The van der Waals surface area contributed by atoms with E-state index in [-0.39, 0.29) is 37.1 Å². The summed E-state index contributed by atoms with van der Waals surface area (Å²) in [6.45, 7) is 4.38. The van der Waals surface area contributed by atoms with Crippen LogP contribution in [0, 0.1) is 0 Å². The van der Waals surface area contributed by atoms with Gasteiger partial charge in [0.15, 0.2) is 0 Å². The molecule has 3 aromatic rings. The predicted molar refractivity (Wildman–Crippen MR) is 151 cm³/mol. The highest BCUT2D eigenvalue weighted by molar-refractivity contribution is 6.32. The third-order valence-corrected chi connectivity index (χ3v) is 6.45. The molecule has 0 saturated carbocycles. The minimum Gasteiger partial charge on any atom is -0.492 e. The molecule has 2 atom stereocenters. The molecule has 9 nitrogen and oxygen atoms in total. The maximum absolute atomic E-state index is 12.9. The predicted octanol–water partition coefficient (Wildman–Crippen LogP) is 4.08. The maximum Gasteiger partial charge on any atom is 0.251 e. The maximum atomic E-state index is 12.9. The van der Waals surface area contributed by atoms with E-state index >= 15 is 0 Å². The molecule has 0 spiro atoms. The number of amides is 2. The molecule has 10 heteroatoms. The van der Waals surface area contributed by atoms with Gasteiger partial charge < -0.3 is 29.8 Å². The monoisotopic (exact) mass is 556 g/mol. The van der Waals surface area contributed by atoms with Gasteiger partial charge in [0.05, 0.1) is 23.4 Å². The minimum atomic E-state index is -0.275. The summed E-state index contributed by atoms with van der Waals surface area (Å²) in [5, 5.41) is 15.8. The Labute approximate surface area is 234 Å². The molecule has 0 aliphatic heterocycles. The molecule has 0 radical (unpaired) electrons. The van der Waals surface area contributed by atoms with Crippen molar-refractivity contribution in [1.29, 1.82) is 0 Å². The van der Waals surface area contributed by atoms with Crippen molar-refractivity contribution in [2.75, 3.05) is 26.9 Å². The Morgan fingerprint density at radius 1 is 1.15 bits per heavy atom. The van der Waals surface area contributed by atoms with Gasteiger partial charge >= 0.3 is 0 Å². The van der Waals surface area contributed by atoms with Crippen LogP contribution in [0.1, 0.15) is 54.5 Å². The molecule has 0 fully saturated rings. The van der Waals surface area contributed by atoms with Crippen LogP contribution in [-0.2, 0) is 23.0 Å². The summed E-state index contributed by atoms with van der Waals surface area (Å²) in [5.41, 5.74) is 3.16. The van der Waals surface area contributed by atoms with Gasteiger partial charge in [-0.3, -0.25) is 9.59 Å². The largest absolute Gasteiger partial charge is 0.492 e. The van der Waals surface area contributed by atoms with Crippen molar-refractivity contribution in [3.63, 3.8) is 0 Å². The average Bonchev–Trinajstić information content (AvgIpc) is 3.30. The summed E-state index contributed by atoms with van der Waals surface area (Å²) in [7, 11) is 3.37. The van der Waals surface area contributed by atoms with Gasteiger partial charge in [-0.2, -0.15) is 0 Å². The highest BCUT2D eigenvalue weighted by Gasteiger charge is 2.18. The Morgan fingerprint density at radius 2 is 1.90 bits per heavy atom. The fourth-order valence-electron chi connectivity index (χ4n) is 4.22. The van der Waals surface area contributed by atoms with Crippen molar-refractivity contribution in [2.24, 2.45) is 7.05 Å². The second kappa shape index (κ2) is 14.7. The molecule has 1 aromatic heterocycles. The average molecular weight is 557 g/mol. The fraction of sp³-hybridized carbons (Fsp3) is 0.414. The van der Waals surface area contributed by atoms with E-state index in [9.17, 15) is 14.7 Å². The van der Waals surface area contributed by atoms with E-state index in [1.165, 1.54) is 7.11 Å². The van der Waals surface area contributed by atoms with E-state index in [4.69, 9.17) is 26.1 Å². The van der Waals surface area contributed by atoms with Gasteiger partial charge in [-0.25, -0.2) is 4.98 Å². The lowest BCUT2D eigenvalue weighted by Crippen LogP contribution is -2.37. The first-order valence-electron chi connectivity index (χ1n) is 13.0. The van der Waals surface area contributed by atoms with Crippen LogP contribution in [-0.4, -0.2) is 59.4 Å². The number of imidazole rings is 1. The van der Waals surface area contributed by atoms with E-state index in [1.54, 1.807) is 18.2 Å². The van der Waals surface area contributed by atoms with Crippen LogP contribution < -0.4 is 15.4 Å². The Hall–Kier alpha value is -3.40. The van der Waals surface area contributed by atoms with Crippen LogP contribution >= 0.6 is 11.6 Å². The number of nitrogens with one attached hydrogen (secondary N) is 2. The molecule has 0 aliphatic carbocycles. The van der Waals surface area contributed by atoms with Gasteiger partial charge in [-0.05, 0) is 49.9 Å². The van der Waals surface area contributed by atoms with Crippen LogP contribution in [0.3, 0.4) is 0 Å². The molecule has 3 N–H and O–H groups in total. The summed E-state index contributed by atoms with van der Waals surface area (Å²) in [4.78, 5) is 29.5. The second-order valence-electron chi connectivity index (χ2n) is 9.39. The van der Waals surface area contributed by atoms with Gasteiger partial charge in [-0.15, -0.1) is 0 Å². The molecular formula is C29H37ClN4O5. The van der Waals surface area contributed by atoms with Gasteiger partial charge in [0, 0.05) is 44.1 Å². The zero-order valence-electron chi connectivity index (χ0n) is 22.9. The van der Waals surface area contributed by atoms with E-state index in [0.717, 1.165) is 29.1 Å². The SMILES string of the molecule is CCCOc1ccc(C(=O)N[C@H](CCO)Cc2ccc(-c3cn(C)c([C@@H](C)NC(=O)COC)n3)cc2)cc1Cl.